The van der Waals surface area contributed by atoms with Crippen molar-refractivity contribution in [1.29, 1.82) is 0 Å². The molecule has 0 unspecified atom stereocenters. The number of aryl methyl sites for hydroxylation is 1. The maximum absolute atomic E-state index is 12.6. The molecule has 4 aromatic rings. The van der Waals surface area contributed by atoms with Gasteiger partial charge < -0.3 is 20.1 Å². The lowest BCUT2D eigenvalue weighted by Gasteiger charge is -2.12. The second kappa shape index (κ2) is 10.5. The van der Waals surface area contributed by atoms with Gasteiger partial charge in [-0.05, 0) is 55.5 Å². The molecule has 0 saturated heterocycles. The van der Waals surface area contributed by atoms with Crippen molar-refractivity contribution in [2.45, 2.75) is 13.5 Å². The maximum atomic E-state index is 12.6. The molecule has 0 spiro atoms. The van der Waals surface area contributed by atoms with E-state index in [1.54, 1.807) is 26.4 Å². The lowest BCUT2D eigenvalue weighted by molar-refractivity contribution is 0.0950. The van der Waals surface area contributed by atoms with Crippen LogP contribution in [0.1, 0.15) is 21.5 Å². The third-order valence-corrected chi connectivity index (χ3v) is 5.33. The van der Waals surface area contributed by atoms with Crippen molar-refractivity contribution in [2.75, 3.05) is 19.5 Å². The second-order valence-electron chi connectivity index (χ2n) is 7.72. The summed E-state index contributed by atoms with van der Waals surface area (Å²) in [5.41, 5.74) is 5.25. The van der Waals surface area contributed by atoms with E-state index in [9.17, 15) is 4.79 Å². The number of hydrogen-bond acceptors (Lipinski definition) is 6. The zero-order valence-electron chi connectivity index (χ0n) is 19.3. The Balaban J connectivity index is 1.41. The minimum atomic E-state index is -0.180. The maximum Gasteiger partial charge on any atom is 0.251 e. The van der Waals surface area contributed by atoms with E-state index in [4.69, 9.17) is 9.47 Å². The molecule has 0 saturated carbocycles. The van der Waals surface area contributed by atoms with Gasteiger partial charge in [-0.25, -0.2) is 9.97 Å². The van der Waals surface area contributed by atoms with Crippen LogP contribution in [0.3, 0.4) is 0 Å². The van der Waals surface area contributed by atoms with E-state index in [0.717, 1.165) is 22.5 Å². The Bertz CT molecular complexity index is 1290. The van der Waals surface area contributed by atoms with Crippen molar-refractivity contribution in [3.63, 3.8) is 0 Å². The molecule has 0 atom stereocenters. The Kier molecular flexibility index (Phi) is 7.03. The normalized spacial score (nSPS) is 10.4. The number of methoxy groups -OCH3 is 2. The highest BCUT2D eigenvalue weighted by Gasteiger charge is 2.10. The lowest BCUT2D eigenvalue weighted by atomic mass is 10.1. The molecule has 7 heteroatoms. The zero-order valence-corrected chi connectivity index (χ0v) is 19.3. The van der Waals surface area contributed by atoms with Crippen molar-refractivity contribution >= 4 is 17.4 Å². The predicted octanol–water partition coefficient (Wildman–Crippen LogP) is 5.14. The summed E-state index contributed by atoms with van der Waals surface area (Å²) < 4.78 is 10.6. The molecular weight excluding hydrogens is 428 g/mol. The Morgan fingerprint density at radius 3 is 2.47 bits per heavy atom. The number of rotatable bonds is 8. The van der Waals surface area contributed by atoms with Crippen LogP contribution in [0.25, 0.3) is 11.3 Å². The molecule has 0 aliphatic rings. The standard InChI is InChI=1S/C27H26N4O3/c1-18-5-4-6-20(13-18)24-15-26(30-17-29-24)31-22-9-7-19(8-10-22)27(32)28-16-21-14-23(33-2)11-12-25(21)34-3/h4-15,17H,16H2,1-3H3,(H,28,32)(H,29,30,31). The number of nitrogens with one attached hydrogen (secondary N) is 2. The minimum absolute atomic E-state index is 0.180. The molecule has 0 radical (unpaired) electrons. The van der Waals surface area contributed by atoms with Crippen LogP contribution < -0.4 is 20.1 Å². The van der Waals surface area contributed by atoms with Crippen LogP contribution >= 0.6 is 0 Å². The van der Waals surface area contributed by atoms with Crippen molar-refractivity contribution < 1.29 is 14.3 Å². The van der Waals surface area contributed by atoms with Crippen molar-refractivity contribution in [1.82, 2.24) is 15.3 Å². The molecule has 0 aliphatic carbocycles. The number of benzene rings is 3. The monoisotopic (exact) mass is 454 g/mol. The number of carbonyl (C=O) groups is 1. The molecule has 172 valence electrons. The summed E-state index contributed by atoms with van der Waals surface area (Å²) in [7, 11) is 3.20. The topological polar surface area (TPSA) is 85.4 Å². The Morgan fingerprint density at radius 1 is 0.912 bits per heavy atom. The fourth-order valence-electron chi connectivity index (χ4n) is 3.54. The van der Waals surface area contributed by atoms with Gasteiger partial charge in [-0.15, -0.1) is 0 Å². The molecule has 1 amide bonds. The molecule has 7 nitrogen and oxygen atoms in total. The van der Waals surface area contributed by atoms with Gasteiger partial charge in [0.1, 0.15) is 23.6 Å². The van der Waals surface area contributed by atoms with Crippen LogP contribution in [-0.4, -0.2) is 30.1 Å². The first-order valence-corrected chi connectivity index (χ1v) is 10.8. The van der Waals surface area contributed by atoms with E-state index in [2.05, 4.69) is 39.7 Å². The first-order chi connectivity index (χ1) is 16.6. The number of carbonyl (C=O) groups excluding carboxylic acids is 1. The zero-order chi connectivity index (χ0) is 23.9. The third kappa shape index (κ3) is 5.50. The van der Waals surface area contributed by atoms with Gasteiger partial charge in [-0.1, -0.05) is 23.8 Å². The van der Waals surface area contributed by atoms with Crippen LogP contribution in [0.2, 0.25) is 0 Å². The van der Waals surface area contributed by atoms with Crippen LogP contribution in [-0.2, 0) is 6.54 Å². The third-order valence-electron chi connectivity index (χ3n) is 5.33. The lowest BCUT2D eigenvalue weighted by Crippen LogP contribution is -2.23. The number of hydrogen-bond donors (Lipinski definition) is 2. The summed E-state index contributed by atoms with van der Waals surface area (Å²) in [4.78, 5) is 21.3. The van der Waals surface area contributed by atoms with E-state index in [1.807, 2.05) is 48.5 Å². The van der Waals surface area contributed by atoms with Gasteiger partial charge in [0, 0.05) is 35.0 Å². The smallest absolute Gasteiger partial charge is 0.251 e. The summed E-state index contributed by atoms with van der Waals surface area (Å²) in [5.74, 6) is 1.89. The number of nitrogens with zero attached hydrogens (tertiary/aromatic N) is 2. The van der Waals surface area contributed by atoms with Crippen molar-refractivity contribution in [3.8, 4) is 22.8 Å². The summed E-state index contributed by atoms with van der Waals surface area (Å²) in [6, 6.07) is 22.8. The summed E-state index contributed by atoms with van der Waals surface area (Å²) in [6.07, 6.45) is 1.54. The van der Waals surface area contributed by atoms with Crippen molar-refractivity contribution in [3.05, 3.63) is 95.8 Å². The van der Waals surface area contributed by atoms with Crippen molar-refractivity contribution in [2.24, 2.45) is 0 Å². The predicted molar refractivity (Wildman–Crippen MR) is 133 cm³/mol. The average Bonchev–Trinajstić information content (AvgIpc) is 2.87. The Morgan fingerprint density at radius 2 is 1.74 bits per heavy atom. The van der Waals surface area contributed by atoms with Crippen LogP contribution in [0.15, 0.2) is 79.1 Å². The molecule has 1 aromatic heterocycles. The molecule has 34 heavy (non-hydrogen) atoms. The molecule has 0 bridgehead atoms. The number of anilines is 2. The molecule has 1 heterocycles. The molecule has 0 fully saturated rings. The van der Waals surface area contributed by atoms with Gasteiger partial charge in [0.25, 0.3) is 5.91 Å². The largest absolute Gasteiger partial charge is 0.497 e. The molecule has 0 aliphatic heterocycles. The van der Waals surface area contributed by atoms with Gasteiger partial charge in [0.05, 0.1) is 19.9 Å². The minimum Gasteiger partial charge on any atom is -0.497 e. The van der Waals surface area contributed by atoms with E-state index < -0.39 is 0 Å². The highest BCUT2D eigenvalue weighted by atomic mass is 16.5. The van der Waals surface area contributed by atoms with E-state index in [-0.39, 0.29) is 5.91 Å². The van der Waals surface area contributed by atoms with E-state index in [1.165, 1.54) is 11.9 Å². The Labute approximate surface area is 198 Å². The average molecular weight is 455 g/mol. The highest BCUT2D eigenvalue weighted by Crippen LogP contribution is 2.24. The quantitative estimate of drug-likeness (QED) is 0.383. The number of aromatic nitrogens is 2. The fourth-order valence-corrected chi connectivity index (χ4v) is 3.54. The first-order valence-electron chi connectivity index (χ1n) is 10.8. The number of ether oxygens (including phenoxy) is 2. The van der Waals surface area contributed by atoms with Crippen LogP contribution in [0.5, 0.6) is 11.5 Å². The summed E-state index contributed by atoms with van der Waals surface area (Å²) in [6.45, 7) is 2.37. The first kappa shape index (κ1) is 22.8. The van der Waals surface area contributed by atoms with Gasteiger partial charge in [0.2, 0.25) is 0 Å². The van der Waals surface area contributed by atoms with Gasteiger partial charge in [-0.3, -0.25) is 4.79 Å². The molecular formula is C27H26N4O3. The van der Waals surface area contributed by atoms with Crippen LogP contribution in [0, 0.1) is 6.92 Å². The van der Waals surface area contributed by atoms with Gasteiger partial charge in [0.15, 0.2) is 0 Å². The second-order valence-corrected chi connectivity index (χ2v) is 7.72. The van der Waals surface area contributed by atoms with Gasteiger partial charge >= 0.3 is 0 Å². The van der Waals surface area contributed by atoms with E-state index >= 15 is 0 Å². The van der Waals surface area contributed by atoms with Crippen LogP contribution in [0.4, 0.5) is 11.5 Å². The summed E-state index contributed by atoms with van der Waals surface area (Å²) >= 11 is 0. The highest BCUT2D eigenvalue weighted by molar-refractivity contribution is 5.94. The Hall–Kier alpha value is -4.39. The fraction of sp³-hybridized carbons (Fsp3) is 0.148. The molecule has 2 N–H and O–H groups in total. The SMILES string of the molecule is COc1ccc(OC)c(CNC(=O)c2ccc(Nc3cc(-c4cccc(C)c4)ncn3)cc2)c1. The molecule has 3 aromatic carbocycles. The summed E-state index contributed by atoms with van der Waals surface area (Å²) in [5, 5.41) is 6.19. The number of amides is 1. The van der Waals surface area contributed by atoms with Gasteiger partial charge in [-0.2, -0.15) is 0 Å². The molecule has 4 rings (SSSR count). The van der Waals surface area contributed by atoms with E-state index in [0.29, 0.717) is 29.4 Å².